The Morgan fingerprint density at radius 3 is 2.60 bits per heavy atom. The first kappa shape index (κ1) is 15.3. The number of hydrogen-bond acceptors (Lipinski definition) is 3. The summed E-state index contributed by atoms with van der Waals surface area (Å²) in [6.45, 7) is 5.08. The monoisotopic (exact) mass is 397 g/mol. The minimum atomic E-state index is 0.335. The lowest BCUT2D eigenvalue weighted by atomic mass is 10.1. The summed E-state index contributed by atoms with van der Waals surface area (Å²) >= 11 is 7.02. The molecular formula is C15H17Br2N3. The molecule has 2 N–H and O–H groups in total. The second-order valence-corrected chi connectivity index (χ2v) is 6.70. The van der Waals surface area contributed by atoms with E-state index >= 15 is 0 Å². The summed E-state index contributed by atoms with van der Waals surface area (Å²) < 4.78 is 1.94. The van der Waals surface area contributed by atoms with E-state index in [4.69, 9.17) is 5.73 Å². The van der Waals surface area contributed by atoms with Crippen LogP contribution in [0.25, 0.3) is 0 Å². The molecule has 0 saturated heterocycles. The van der Waals surface area contributed by atoms with E-state index in [0.717, 1.165) is 27.0 Å². The third kappa shape index (κ3) is 3.73. The fraction of sp³-hybridized carbons (Fsp3) is 0.267. The number of nitrogens with zero attached hydrogens (tertiary/aromatic N) is 2. The van der Waals surface area contributed by atoms with Crippen molar-refractivity contribution in [2.24, 2.45) is 0 Å². The van der Waals surface area contributed by atoms with E-state index in [2.05, 4.69) is 61.7 Å². The van der Waals surface area contributed by atoms with Crippen LogP contribution < -0.4 is 10.6 Å². The molecule has 106 valence electrons. The van der Waals surface area contributed by atoms with Gasteiger partial charge in [0, 0.05) is 28.9 Å². The average Bonchev–Trinajstić information content (AvgIpc) is 2.36. The molecule has 0 saturated carbocycles. The summed E-state index contributed by atoms with van der Waals surface area (Å²) in [7, 11) is 0. The van der Waals surface area contributed by atoms with E-state index in [0.29, 0.717) is 6.04 Å². The number of pyridine rings is 1. The van der Waals surface area contributed by atoms with Crippen molar-refractivity contribution in [2.75, 3.05) is 10.6 Å². The summed E-state index contributed by atoms with van der Waals surface area (Å²) in [4.78, 5) is 6.76. The van der Waals surface area contributed by atoms with Gasteiger partial charge < -0.3 is 10.6 Å². The van der Waals surface area contributed by atoms with E-state index in [9.17, 15) is 0 Å². The Bertz CT molecular complexity index is 599. The van der Waals surface area contributed by atoms with Gasteiger partial charge in [-0.05, 0) is 69.5 Å². The number of aromatic nitrogens is 1. The number of nitrogen functional groups attached to an aromatic ring is 1. The maximum atomic E-state index is 5.85. The second-order valence-electron chi connectivity index (χ2n) is 4.93. The van der Waals surface area contributed by atoms with Crippen molar-refractivity contribution in [3.63, 3.8) is 0 Å². The summed E-state index contributed by atoms with van der Waals surface area (Å²) in [5, 5.41) is 0. The van der Waals surface area contributed by atoms with E-state index in [1.807, 2.05) is 30.5 Å². The Morgan fingerprint density at radius 2 is 2.00 bits per heavy atom. The fourth-order valence-electron chi connectivity index (χ4n) is 2.01. The molecule has 1 heterocycles. The van der Waals surface area contributed by atoms with E-state index in [1.54, 1.807) is 0 Å². The van der Waals surface area contributed by atoms with Gasteiger partial charge in [-0.2, -0.15) is 0 Å². The first-order valence-corrected chi connectivity index (χ1v) is 7.98. The van der Waals surface area contributed by atoms with Crippen LogP contribution in [0, 0.1) is 0 Å². The summed E-state index contributed by atoms with van der Waals surface area (Å²) in [5.41, 5.74) is 7.81. The van der Waals surface area contributed by atoms with Gasteiger partial charge in [-0.1, -0.05) is 12.1 Å². The Hall–Kier alpha value is -1.07. The molecule has 0 aliphatic heterocycles. The lowest BCUT2D eigenvalue weighted by molar-refractivity contribution is 0.671. The predicted octanol–water partition coefficient (Wildman–Crippen LogP) is 4.60. The molecule has 2 aromatic rings. The molecule has 20 heavy (non-hydrogen) atoms. The lowest BCUT2D eigenvalue weighted by Crippen LogP contribution is -2.31. The van der Waals surface area contributed by atoms with Gasteiger partial charge in [-0.15, -0.1) is 0 Å². The molecule has 5 heteroatoms. The number of hydrogen-bond donors (Lipinski definition) is 1. The predicted molar refractivity (Wildman–Crippen MR) is 91.8 cm³/mol. The number of halogens is 2. The smallest absolute Gasteiger partial charge is 0.143 e. The van der Waals surface area contributed by atoms with Gasteiger partial charge in [0.1, 0.15) is 5.82 Å². The number of rotatable bonds is 4. The van der Waals surface area contributed by atoms with Crippen molar-refractivity contribution in [1.29, 1.82) is 0 Å². The average molecular weight is 399 g/mol. The number of anilines is 2. The van der Waals surface area contributed by atoms with Crippen LogP contribution in [0.3, 0.4) is 0 Å². The second kappa shape index (κ2) is 6.59. The highest BCUT2D eigenvalue weighted by molar-refractivity contribution is 9.11. The standard InChI is InChI=1S/C15H17Br2N3/c1-10(2)20(9-11-4-3-5-13(18)6-11)15-14(17)7-12(16)8-19-15/h3-8,10H,9,18H2,1-2H3. The molecule has 0 spiro atoms. The highest BCUT2D eigenvalue weighted by Crippen LogP contribution is 2.29. The summed E-state index contributed by atoms with van der Waals surface area (Å²) in [6, 6.07) is 10.3. The van der Waals surface area contributed by atoms with Crippen molar-refractivity contribution < 1.29 is 0 Å². The van der Waals surface area contributed by atoms with Gasteiger partial charge in [0.05, 0.1) is 4.47 Å². The molecule has 0 amide bonds. The van der Waals surface area contributed by atoms with Gasteiger partial charge >= 0.3 is 0 Å². The Morgan fingerprint density at radius 1 is 1.25 bits per heavy atom. The molecule has 0 aliphatic carbocycles. The van der Waals surface area contributed by atoms with Crippen LogP contribution in [0.1, 0.15) is 19.4 Å². The van der Waals surface area contributed by atoms with Crippen LogP contribution in [0.5, 0.6) is 0 Å². The molecule has 0 aliphatic rings. The maximum absolute atomic E-state index is 5.85. The van der Waals surface area contributed by atoms with Crippen LogP contribution >= 0.6 is 31.9 Å². The third-order valence-corrected chi connectivity index (χ3v) is 4.00. The first-order chi connectivity index (χ1) is 9.47. The minimum absolute atomic E-state index is 0.335. The minimum Gasteiger partial charge on any atom is -0.399 e. The Labute approximate surface area is 136 Å². The molecule has 2 rings (SSSR count). The zero-order valence-electron chi connectivity index (χ0n) is 11.5. The van der Waals surface area contributed by atoms with Crippen LogP contribution in [-0.4, -0.2) is 11.0 Å². The third-order valence-electron chi connectivity index (χ3n) is 2.99. The van der Waals surface area contributed by atoms with Gasteiger partial charge in [0.15, 0.2) is 0 Å². The van der Waals surface area contributed by atoms with Gasteiger partial charge in [0.2, 0.25) is 0 Å². The van der Waals surface area contributed by atoms with Crippen molar-refractivity contribution in [3.8, 4) is 0 Å². The first-order valence-electron chi connectivity index (χ1n) is 6.39. The SMILES string of the molecule is CC(C)N(Cc1cccc(N)c1)c1ncc(Br)cc1Br. The Kier molecular flexibility index (Phi) is 5.05. The largest absolute Gasteiger partial charge is 0.399 e. The van der Waals surface area contributed by atoms with Gasteiger partial charge in [-0.3, -0.25) is 0 Å². The van der Waals surface area contributed by atoms with E-state index in [-0.39, 0.29) is 0 Å². The highest BCUT2D eigenvalue weighted by atomic mass is 79.9. The van der Waals surface area contributed by atoms with E-state index < -0.39 is 0 Å². The summed E-state index contributed by atoms with van der Waals surface area (Å²) in [5.74, 6) is 0.936. The van der Waals surface area contributed by atoms with Crippen molar-refractivity contribution in [3.05, 3.63) is 51.0 Å². The quantitative estimate of drug-likeness (QED) is 0.765. The zero-order valence-corrected chi connectivity index (χ0v) is 14.6. The molecule has 1 aromatic heterocycles. The Balaban J connectivity index is 2.32. The normalized spacial score (nSPS) is 10.8. The number of nitrogens with two attached hydrogens (primary N) is 1. The molecule has 0 fully saturated rings. The molecule has 0 atom stereocenters. The van der Waals surface area contributed by atoms with Gasteiger partial charge in [-0.25, -0.2) is 4.98 Å². The van der Waals surface area contributed by atoms with Crippen LogP contribution in [-0.2, 0) is 6.54 Å². The highest BCUT2D eigenvalue weighted by Gasteiger charge is 2.16. The number of benzene rings is 1. The van der Waals surface area contributed by atoms with Crippen LogP contribution in [0.15, 0.2) is 45.5 Å². The van der Waals surface area contributed by atoms with Gasteiger partial charge in [0.25, 0.3) is 0 Å². The fourth-order valence-corrected chi connectivity index (χ4v) is 3.22. The summed E-state index contributed by atoms with van der Waals surface area (Å²) in [6.07, 6.45) is 1.81. The molecular weight excluding hydrogens is 382 g/mol. The lowest BCUT2D eigenvalue weighted by Gasteiger charge is -2.29. The van der Waals surface area contributed by atoms with Crippen LogP contribution in [0.2, 0.25) is 0 Å². The zero-order chi connectivity index (χ0) is 14.7. The van der Waals surface area contributed by atoms with Crippen LogP contribution in [0.4, 0.5) is 11.5 Å². The maximum Gasteiger partial charge on any atom is 0.143 e. The van der Waals surface area contributed by atoms with E-state index in [1.165, 1.54) is 5.56 Å². The molecule has 0 radical (unpaired) electrons. The molecule has 3 nitrogen and oxygen atoms in total. The molecule has 1 aromatic carbocycles. The van der Waals surface area contributed by atoms with Crippen molar-refractivity contribution in [1.82, 2.24) is 4.98 Å². The van der Waals surface area contributed by atoms with Crippen molar-refractivity contribution >= 4 is 43.4 Å². The molecule has 0 unspecified atom stereocenters. The topological polar surface area (TPSA) is 42.1 Å². The molecule has 0 bridgehead atoms. The van der Waals surface area contributed by atoms with Crippen molar-refractivity contribution in [2.45, 2.75) is 26.4 Å².